The highest BCUT2D eigenvalue weighted by Gasteiger charge is 2.32. The number of fused-ring (bicyclic) bond motifs is 1. The average Bonchev–Trinajstić information content (AvgIpc) is 3.39. The lowest BCUT2D eigenvalue weighted by Gasteiger charge is -2.34. The van der Waals surface area contributed by atoms with E-state index < -0.39 is 0 Å². The van der Waals surface area contributed by atoms with Gasteiger partial charge in [-0.1, -0.05) is 6.07 Å². The number of urea groups is 1. The van der Waals surface area contributed by atoms with Gasteiger partial charge < -0.3 is 30.5 Å². The number of nitrogens with two attached hydrogens (primary N) is 1. The molecule has 0 saturated carbocycles. The van der Waals surface area contributed by atoms with Crippen molar-refractivity contribution in [3.8, 4) is 11.3 Å². The molecule has 3 aliphatic heterocycles. The van der Waals surface area contributed by atoms with E-state index in [1.54, 1.807) is 17.3 Å². The number of morpholine rings is 1. The SMILES string of the molecule is Cc1ccc(N2CCN(C)CC2)cc1NC(=O)N1CCc2c(-c3cnc(N)nc3)nc(N3CCOCC3)nc21. The third-order valence-corrected chi connectivity index (χ3v) is 7.63. The van der Waals surface area contributed by atoms with Crippen molar-refractivity contribution < 1.29 is 9.53 Å². The maximum Gasteiger partial charge on any atom is 0.327 e. The number of piperazine rings is 1. The summed E-state index contributed by atoms with van der Waals surface area (Å²) in [5.41, 5.74) is 11.0. The first-order valence-electron chi connectivity index (χ1n) is 13.4. The predicted molar refractivity (Wildman–Crippen MR) is 151 cm³/mol. The van der Waals surface area contributed by atoms with Crippen molar-refractivity contribution in [1.29, 1.82) is 0 Å². The summed E-state index contributed by atoms with van der Waals surface area (Å²) < 4.78 is 5.53. The normalized spacial score (nSPS) is 17.8. The van der Waals surface area contributed by atoms with Crippen LogP contribution in [0, 0.1) is 6.92 Å². The molecule has 204 valence electrons. The Morgan fingerprint density at radius 3 is 2.46 bits per heavy atom. The van der Waals surface area contributed by atoms with E-state index in [-0.39, 0.29) is 12.0 Å². The van der Waals surface area contributed by atoms with Crippen LogP contribution in [0.5, 0.6) is 0 Å². The van der Waals surface area contributed by atoms with Gasteiger partial charge in [0.25, 0.3) is 0 Å². The highest BCUT2D eigenvalue weighted by molar-refractivity contribution is 6.03. The monoisotopic (exact) mass is 530 g/mol. The quantitative estimate of drug-likeness (QED) is 0.517. The van der Waals surface area contributed by atoms with E-state index in [2.05, 4.69) is 55.2 Å². The molecule has 2 amide bonds. The first kappa shape index (κ1) is 25.3. The molecule has 3 aliphatic rings. The second kappa shape index (κ2) is 10.6. The van der Waals surface area contributed by atoms with Crippen LogP contribution in [-0.4, -0.2) is 96.9 Å². The van der Waals surface area contributed by atoms with Crippen LogP contribution < -0.4 is 25.8 Å². The number of carbonyl (C=O) groups is 1. The molecular formula is C27H34N10O2. The summed E-state index contributed by atoms with van der Waals surface area (Å²) in [6.07, 6.45) is 3.97. The fourth-order valence-electron chi connectivity index (χ4n) is 5.23. The number of benzene rings is 1. The molecule has 5 heterocycles. The zero-order valence-electron chi connectivity index (χ0n) is 22.4. The number of anilines is 5. The van der Waals surface area contributed by atoms with Gasteiger partial charge in [-0.3, -0.25) is 4.90 Å². The standard InChI is InChI=1S/C27H34N10O2/c1-18-3-4-20(35-9-7-34(2)8-10-35)15-22(18)31-27(38)37-6-5-21-23(19-16-29-25(28)30-17-19)32-26(33-24(21)37)36-11-13-39-14-12-36/h3-4,15-17H,5-14H2,1-2H3,(H,31,38)(H2,28,29,30). The minimum atomic E-state index is -0.210. The Bertz CT molecular complexity index is 1350. The Hall–Kier alpha value is -4.03. The topological polar surface area (TPSA) is 129 Å². The van der Waals surface area contributed by atoms with Crippen molar-refractivity contribution in [3.05, 3.63) is 41.7 Å². The van der Waals surface area contributed by atoms with Crippen molar-refractivity contribution in [2.75, 3.05) is 91.8 Å². The molecule has 0 spiro atoms. The second-order valence-corrected chi connectivity index (χ2v) is 10.2. The van der Waals surface area contributed by atoms with Crippen LogP contribution in [0.3, 0.4) is 0 Å². The van der Waals surface area contributed by atoms with Gasteiger partial charge >= 0.3 is 6.03 Å². The van der Waals surface area contributed by atoms with Gasteiger partial charge in [0.15, 0.2) is 0 Å². The summed E-state index contributed by atoms with van der Waals surface area (Å²) in [6, 6.07) is 6.06. The van der Waals surface area contributed by atoms with Gasteiger partial charge in [-0.05, 0) is 38.1 Å². The largest absolute Gasteiger partial charge is 0.378 e. The van der Waals surface area contributed by atoms with Crippen LogP contribution in [0.1, 0.15) is 11.1 Å². The van der Waals surface area contributed by atoms with Crippen LogP contribution in [0.4, 0.5) is 33.9 Å². The van der Waals surface area contributed by atoms with Gasteiger partial charge in [0.2, 0.25) is 11.9 Å². The van der Waals surface area contributed by atoms with Crippen LogP contribution >= 0.6 is 0 Å². The van der Waals surface area contributed by atoms with E-state index in [0.29, 0.717) is 51.0 Å². The zero-order chi connectivity index (χ0) is 26.9. The molecule has 0 aliphatic carbocycles. The number of aryl methyl sites for hydroxylation is 1. The minimum Gasteiger partial charge on any atom is -0.378 e. The Morgan fingerprint density at radius 2 is 1.72 bits per heavy atom. The van der Waals surface area contributed by atoms with Crippen LogP contribution in [0.15, 0.2) is 30.6 Å². The highest BCUT2D eigenvalue weighted by atomic mass is 16.5. The van der Waals surface area contributed by atoms with Crippen molar-refractivity contribution >= 4 is 35.1 Å². The number of amides is 2. The molecule has 0 radical (unpaired) electrons. The van der Waals surface area contributed by atoms with Crippen molar-refractivity contribution in [2.45, 2.75) is 13.3 Å². The molecular weight excluding hydrogens is 496 g/mol. The number of nitrogens with one attached hydrogen (secondary N) is 1. The minimum absolute atomic E-state index is 0.202. The lowest BCUT2D eigenvalue weighted by atomic mass is 10.1. The number of likely N-dealkylation sites (N-methyl/N-ethyl adjacent to an activating group) is 1. The fourth-order valence-corrected chi connectivity index (χ4v) is 5.23. The molecule has 2 saturated heterocycles. The van der Waals surface area contributed by atoms with E-state index in [4.69, 9.17) is 20.4 Å². The number of aromatic nitrogens is 4. The van der Waals surface area contributed by atoms with Gasteiger partial charge in [-0.15, -0.1) is 0 Å². The Kier molecular flexibility index (Phi) is 6.88. The summed E-state index contributed by atoms with van der Waals surface area (Å²) >= 11 is 0. The molecule has 0 atom stereocenters. The summed E-state index contributed by atoms with van der Waals surface area (Å²) in [4.78, 5) is 40.3. The number of ether oxygens (including phenoxy) is 1. The Balaban J connectivity index is 1.30. The molecule has 39 heavy (non-hydrogen) atoms. The molecule has 6 rings (SSSR count). The van der Waals surface area contributed by atoms with Gasteiger partial charge in [0.1, 0.15) is 5.82 Å². The van der Waals surface area contributed by atoms with Crippen LogP contribution in [0.2, 0.25) is 0 Å². The van der Waals surface area contributed by atoms with Gasteiger partial charge in [0, 0.05) is 80.7 Å². The van der Waals surface area contributed by atoms with Crippen LogP contribution in [-0.2, 0) is 11.2 Å². The molecule has 1 aromatic carbocycles. The molecule has 2 fully saturated rings. The maximum absolute atomic E-state index is 13.7. The number of nitrogens with zero attached hydrogens (tertiary/aromatic N) is 8. The third-order valence-electron chi connectivity index (χ3n) is 7.63. The summed E-state index contributed by atoms with van der Waals surface area (Å²) in [6.45, 7) is 9.06. The summed E-state index contributed by atoms with van der Waals surface area (Å²) in [5.74, 6) is 1.38. The number of hydrogen-bond acceptors (Lipinski definition) is 10. The zero-order valence-corrected chi connectivity index (χ0v) is 22.4. The fraction of sp³-hybridized carbons (Fsp3) is 0.444. The van der Waals surface area contributed by atoms with E-state index in [1.807, 2.05) is 6.92 Å². The number of carbonyl (C=O) groups excluding carboxylic acids is 1. The smallest absolute Gasteiger partial charge is 0.327 e. The average molecular weight is 531 g/mol. The lowest BCUT2D eigenvalue weighted by molar-refractivity contribution is 0.122. The highest BCUT2D eigenvalue weighted by Crippen LogP contribution is 2.36. The van der Waals surface area contributed by atoms with E-state index in [9.17, 15) is 4.79 Å². The van der Waals surface area contributed by atoms with Crippen LogP contribution in [0.25, 0.3) is 11.3 Å². The Morgan fingerprint density at radius 1 is 0.974 bits per heavy atom. The van der Waals surface area contributed by atoms with Gasteiger partial charge in [-0.2, -0.15) is 4.98 Å². The maximum atomic E-state index is 13.7. The Labute approximate surface area is 227 Å². The molecule has 12 nitrogen and oxygen atoms in total. The van der Waals surface area contributed by atoms with E-state index in [0.717, 1.165) is 59.9 Å². The summed E-state index contributed by atoms with van der Waals surface area (Å²) in [5, 5.41) is 3.16. The number of hydrogen-bond donors (Lipinski definition) is 2. The first-order valence-corrected chi connectivity index (χ1v) is 13.4. The predicted octanol–water partition coefficient (Wildman–Crippen LogP) is 2.01. The first-order chi connectivity index (χ1) is 19.0. The molecule has 0 unspecified atom stereocenters. The molecule has 2 aromatic heterocycles. The second-order valence-electron chi connectivity index (χ2n) is 10.2. The van der Waals surface area contributed by atoms with Crippen molar-refractivity contribution in [2.24, 2.45) is 0 Å². The number of rotatable bonds is 4. The number of nitrogen functional groups attached to an aromatic ring is 1. The van der Waals surface area contributed by atoms with Gasteiger partial charge in [-0.25, -0.2) is 19.7 Å². The van der Waals surface area contributed by atoms with E-state index >= 15 is 0 Å². The third kappa shape index (κ3) is 5.17. The molecule has 3 N–H and O–H groups in total. The lowest BCUT2D eigenvalue weighted by Crippen LogP contribution is -2.44. The molecule has 3 aromatic rings. The van der Waals surface area contributed by atoms with Crippen molar-refractivity contribution in [1.82, 2.24) is 24.8 Å². The van der Waals surface area contributed by atoms with Crippen molar-refractivity contribution in [3.63, 3.8) is 0 Å². The molecule has 12 heteroatoms. The summed E-state index contributed by atoms with van der Waals surface area (Å²) in [7, 11) is 2.14. The molecule has 0 bridgehead atoms. The van der Waals surface area contributed by atoms with E-state index in [1.165, 1.54) is 0 Å². The van der Waals surface area contributed by atoms with Gasteiger partial charge in [0.05, 0.1) is 18.9 Å².